The number of anilines is 1. The number of rotatable bonds is 4. The number of amides is 4. The van der Waals surface area contributed by atoms with Crippen molar-refractivity contribution < 1.29 is 14.4 Å². The molecule has 3 rings (SSSR count). The maximum absolute atomic E-state index is 12.4. The fraction of sp³-hybridized carbons (Fsp3) is 0.118. The van der Waals surface area contributed by atoms with Gasteiger partial charge in [0.1, 0.15) is 12.6 Å². The first-order valence-corrected chi connectivity index (χ1v) is 8.13. The summed E-state index contributed by atoms with van der Waals surface area (Å²) < 4.78 is 0. The van der Waals surface area contributed by atoms with E-state index in [1.54, 1.807) is 42.5 Å². The first-order chi connectivity index (χ1) is 12.0. The predicted molar refractivity (Wildman–Crippen MR) is 94.5 cm³/mol. The minimum absolute atomic E-state index is 0.192. The fourth-order valence-electron chi connectivity index (χ4n) is 2.47. The molecule has 6 nitrogen and oxygen atoms in total. The molecule has 2 aromatic carbocycles. The van der Waals surface area contributed by atoms with E-state index in [1.807, 2.05) is 6.07 Å². The zero-order valence-electron chi connectivity index (χ0n) is 12.8. The molecule has 1 aliphatic rings. The van der Waals surface area contributed by atoms with Crippen LogP contribution in [0.25, 0.3) is 0 Å². The molecule has 0 aromatic heterocycles. The Kier molecular flexibility index (Phi) is 4.92. The minimum Gasteiger partial charge on any atom is -0.323 e. The number of nitrogens with zero attached hydrogens (tertiary/aromatic N) is 1. The predicted octanol–water partition coefficient (Wildman–Crippen LogP) is 3.23. The van der Waals surface area contributed by atoms with Crippen LogP contribution in [0.3, 0.4) is 0 Å². The Labute approximate surface area is 153 Å². The van der Waals surface area contributed by atoms with E-state index in [4.69, 9.17) is 23.2 Å². The first-order valence-electron chi connectivity index (χ1n) is 7.38. The summed E-state index contributed by atoms with van der Waals surface area (Å²) in [5.41, 5.74) is 0.965. The highest BCUT2D eigenvalue weighted by molar-refractivity contribution is 6.44. The van der Waals surface area contributed by atoms with Crippen molar-refractivity contribution in [2.45, 2.75) is 6.04 Å². The van der Waals surface area contributed by atoms with Crippen LogP contribution in [0, 0.1) is 0 Å². The Balaban J connectivity index is 1.70. The maximum Gasteiger partial charge on any atom is 0.325 e. The second kappa shape index (κ2) is 7.13. The lowest BCUT2D eigenvalue weighted by Gasteiger charge is -2.14. The molecule has 1 atom stereocenters. The van der Waals surface area contributed by atoms with Gasteiger partial charge in [-0.05, 0) is 17.7 Å². The normalized spacial score (nSPS) is 16.7. The van der Waals surface area contributed by atoms with Crippen molar-refractivity contribution in [1.29, 1.82) is 0 Å². The van der Waals surface area contributed by atoms with Gasteiger partial charge >= 0.3 is 6.03 Å². The van der Waals surface area contributed by atoms with Gasteiger partial charge in [-0.15, -0.1) is 0 Å². The van der Waals surface area contributed by atoms with Gasteiger partial charge in [-0.25, -0.2) is 4.79 Å². The van der Waals surface area contributed by atoms with Crippen LogP contribution in [-0.4, -0.2) is 29.3 Å². The third-order valence-electron chi connectivity index (χ3n) is 3.69. The molecule has 128 valence electrons. The Hall–Kier alpha value is -2.57. The number of carbonyl (C=O) groups excluding carboxylic acids is 3. The Morgan fingerprint density at radius 2 is 1.80 bits per heavy atom. The summed E-state index contributed by atoms with van der Waals surface area (Å²) in [6, 6.07) is 12.2. The summed E-state index contributed by atoms with van der Waals surface area (Å²) in [6.45, 7) is -0.420. The van der Waals surface area contributed by atoms with Gasteiger partial charge < -0.3 is 10.6 Å². The van der Waals surface area contributed by atoms with Crippen molar-refractivity contribution in [3.8, 4) is 0 Å². The van der Waals surface area contributed by atoms with Crippen LogP contribution < -0.4 is 10.6 Å². The molecule has 1 saturated heterocycles. The van der Waals surface area contributed by atoms with Crippen LogP contribution in [0.4, 0.5) is 10.5 Å². The van der Waals surface area contributed by atoms with E-state index in [2.05, 4.69) is 10.6 Å². The van der Waals surface area contributed by atoms with E-state index < -0.39 is 30.4 Å². The Morgan fingerprint density at radius 3 is 2.52 bits per heavy atom. The van der Waals surface area contributed by atoms with Crippen LogP contribution >= 0.6 is 23.2 Å². The first kappa shape index (κ1) is 17.3. The van der Waals surface area contributed by atoms with Gasteiger partial charge in [0.15, 0.2) is 0 Å². The molecule has 0 radical (unpaired) electrons. The minimum atomic E-state index is -0.795. The van der Waals surface area contributed by atoms with Crippen LogP contribution in [-0.2, 0) is 9.59 Å². The zero-order chi connectivity index (χ0) is 18.0. The summed E-state index contributed by atoms with van der Waals surface area (Å²) in [4.78, 5) is 37.5. The van der Waals surface area contributed by atoms with E-state index in [1.165, 1.54) is 0 Å². The number of carbonyl (C=O) groups is 3. The van der Waals surface area contributed by atoms with Crippen LogP contribution in [0.2, 0.25) is 10.0 Å². The molecule has 0 saturated carbocycles. The summed E-state index contributed by atoms with van der Waals surface area (Å²) in [5.74, 6) is -1.04. The molecule has 4 amide bonds. The lowest BCUT2D eigenvalue weighted by Crippen LogP contribution is -2.38. The molecule has 1 unspecified atom stereocenters. The summed E-state index contributed by atoms with van der Waals surface area (Å²) in [6.07, 6.45) is 0. The molecular formula is C17H13Cl2N3O3. The molecule has 0 bridgehead atoms. The summed E-state index contributed by atoms with van der Waals surface area (Å²) in [7, 11) is 0. The van der Waals surface area contributed by atoms with Gasteiger partial charge in [0, 0.05) is 0 Å². The molecule has 0 spiro atoms. The van der Waals surface area contributed by atoms with Crippen molar-refractivity contribution in [2.24, 2.45) is 0 Å². The van der Waals surface area contributed by atoms with Gasteiger partial charge in [0.05, 0.1) is 15.7 Å². The number of halogens is 2. The molecule has 1 fully saturated rings. The SMILES string of the molecule is O=C(CN1C(=O)NC(c2ccccc2)C1=O)Nc1cccc(Cl)c1Cl. The van der Waals surface area contributed by atoms with E-state index >= 15 is 0 Å². The van der Waals surface area contributed by atoms with Crippen LogP contribution in [0.1, 0.15) is 11.6 Å². The largest absolute Gasteiger partial charge is 0.325 e. The number of urea groups is 1. The number of hydrogen-bond donors (Lipinski definition) is 2. The lowest BCUT2D eigenvalue weighted by molar-refractivity contribution is -0.130. The fourth-order valence-corrected chi connectivity index (χ4v) is 2.82. The highest BCUT2D eigenvalue weighted by atomic mass is 35.5. The molecule has 25 heavy (non-hydrogen) atoms. The summed E-state index contributed by atoms with van der Waals surface area (Å²) >= 11 is 11.9. The average Bonchev–Trinajstić information content (AvgIpc) is 2.88. The monoisotopic (exact) mass is 377 g/mol. The Bertz CT molecular complexity index is 842. The van der Waals surface area contributed by atoms with Crippen LogP contribution in [0.5, 0.6) is 0 Å². The highest BCUT2D eigenvalue weighted by Crippen LogP contribution is 2.29. The molecule has 2 aromatic rings. The van der Waals surface area contributed by atoms with Crippen molar-refractivity contribution in [1.82, 2.24) is 10.2 Å². The van der Waals surface area contributed by atoms with Crippen molar-refractivity contribution in [2.75, 3.05) is 11.9 Å². The van der Waals surface area contributed by atoms with Gasteiger partial charge in [-0.2, -0.15) is 0 Å². The molecule has 0 aliphatic carbocycles. The molecule has 1 aliphatic heterocycles. The average molecular weight is 378 g/mol. The number of benzene rings is 2. The number of nitrogens with one attached hydrogen (secondary N) is 2. The second-order valence-electron chi connectivity index (χ2n) is 5.37. The smallest absolute Gasteiger partial charge is 0.323 e. The Morgan fingerprint density at radius 1 is 1.08 bits per heavy atom. The molecule has 1 heterocycles. The van der Waals surface area contributed by atoms with Crippen molar-refractivity contribution >= 4 is 46.7 Å². The van der Waals surface area contributed by atoms with Crippen molar-refractivity contribution in [3.05, 3.63) is 64.1 Å². The standard InChI is InChI=1S/C17H13Cl2N3O3/c18-11-7-4-8-12(14(11)19)20-13(23)9-22-16(24)15(21-17(22)25)10-5-2-1-3-6-10/h1-8,15H,9H2,(H,20,23)(H,21,25). The van der Waals surface area contributed by atoms with E-state index in [-0.39, 0.29) is 5.02 Å². The van der Waals surface area contributed by atoms with E-state index in [0.717, 1.165) is 4.90 Å². The zero-order valence-corrected chi connectivity index (χ0v) is 14.3. The molecule has 2 N–H and O–H groups in total. The van der Waals surface area contributed by atoms with E-state index in [0.29, 0.717) is 16.3 Å². The number of imide groups is 1. The third kappa shape index (κ3) is 3.60. The molecular weight excluding hydrogens is 365 g/mol. The highest BCUT2D eigenvalue weighted by Gasteiger charge is 2.39. The topological polar surface area (TPSA) is 78.5 Å². The lowest BCUT2D eigenvalue weighted by atomic mass is 10.1. The maximum atomic E-state index is 12.4. The number of hydrogen-bond acceptors (Lipinski definition) is 3. The second-order valence-corrected chi connectivity index (χ2v) is 6.15. The quantitative estimate of drug-likeness (QED) is 0.802. The van der Waals surface area contributed by atoms with Gasteiger partial charge in [0.25, 0.3) is 5.91 Å². The summed E-state index contributed by atoms with van der Waals surface area (Å²) in [5, 5.41) is 5.60. The van der Waals surface area contributed by atoms with Crippen LogP contribution in [0.15, 0.2) is 48.5 Å². The molecule has 8 heteroatoms. The third-order valence-corrected chi connectivity index (χ3v) is 4.51. The van der Waals surface area contributed by atoms with Gasteiger partial charge in [-0.1, -0.05) is 59.6 Å². The van der Waals surface area contributed by atoms with E-state index in [9.17, 15) is 14.4 Å². The van der Waals surface area contributed by atoms with Gasteiger partial charge in [0.2, 0.25) is 5.91 Å². The van der Waals surface area contributed by atoms with Gasteiger partial charge in [-0.3, -0.25) is 14.5 Å². The van der Waals surface area contributed by atoms with Crippen molar-refractivity contribution in [3.63, 3.8) is 0 Å².